The Bertz CT molecular complexity index is 415. The molecule has 0 aliphatic heterocycles. The van der Waals surface area contributed by atoms with Crippen molar-refractivity contribution in [3.63, 3.8) is 0 Å². The monoisotopic (exact) mass is 509 g/mol. The smallest absolute Gasteiger partial charge is 0.0391 e. The van der Waals surface area contributed by atoms with Crippen LogP contribution in [0.3, 0.4) is 0 Å². The van der Waals surface area contributed by atoms with Gasteiger partial charge >= 0.3 is 0 Å². The summed E-state index contributed by atoms with van der Waals surface area (Å²) in [7, 11) is 0. The van der Waals surface area contributed by atoms with Crippen molar-refractivity contribution < 1.29 is 0 Å². The quantitative estimate of drug-likeness (QED) is 0.290. The summed E-state index contributed by atoms with van der Waals surface area (Å²) in [5.74, 6) is 8.48. The zero-order chi connectivity index (χ0) is 28.1. The van der Waals surface area contributed by atoms with Crippen molar-refractivity contribution >= 4 is 0 Å². The molecule has 1 atom stereocenters. The fourth-order valence-corrected chi connectivity index (χ4v) is 5.67. The minimum Gasteiger partial charge on any atom is -0.0654 e. The largest absolute Gasteiger partial charge is 0.0654 e. The summed E-state index contributed by atoms with van der Waals surface area (Å²) in [5.41, 5.74) is 0. The SMILES string of the molecule is CC(C)CC(C)C(C)C.CC(C)CC1CCCCC1.CC1CCC(C(C)C)CC1.CCCCC(C)C. The van der Waals surface area contributed by atoms with E-state index in [1.807, 2.05) is 0 Å². The number of hydrogen-bond donors (Lipinski definition) is 0. The summed E-state index contributed by atoms with van der Waals surface area (Å²) < 4.78 is 0. The second-order valence-corrected chi connectivity index (χ2v) is 14.8. The van der Waals surface area contributed by atoms with Crippen molar-refractivity contribution in [3.05, 3.63) is 0 Å². The van der Waals surface area contributed by atoms with Gasteiger partial charge in [-0.05, 0) is 78.9 Å². The summed E-state index contributed by atoms with van der Waals surface area (Å²) in [6, 6.07) is 0. The van der Waals surface area contributed by atoms with Gasteiger partial charge in [-0.25, -0.2) is 0 Å². The van der Waals surface area contributed by atoms with Crippen molar-refractivity contribution in [1.82, 2.24) is 0 Å². The molecule has 0 nitrogen and oxygen atoms in total. The van der Waals surface area contributed by atoms with Gasteiger partial charge in [-0.2, -0.15) is 0 Å². The minimum absolute atomic E-state index is 0.854. The van der Waals surface area contributed by atoms with E-state index >= 15 is 0 Å². The van der Waals surface area contributed by atoms with E-state index in [0.29, 0.717) is 0 Å². The van der Waals surface area contributed by atoms with Crippen LogP contribution in [-0.2, 0) is 0 Å². The Kier molecular flexibility index (Phi) is 25.5. The molecule has 0 N–H and O–H groups in total. The van der Waals surface area contributed by atoms with Gasteiger partial charge in [0.05, 0.1) is 0 Å². The van der Waals surface area contributed by atoms with Crippen LogP contribution in [0.25, 0.3) is 0 Å². The molecule has 0 amide bonds. The van der Waals surface area contributed by atoms with Crippen LogP contribution >= 0.6 is 0 Å². The van der Waals surface area contributed by atoms with Crippen LogP contribution in [0.1, 0.15) is 180 Å². The number of hydrogen-bond acceptors (Lipinski definition) is 0. The van der Waals surface area contributed by atoms with E-state index in [4.69, 9.17) is 0 Å². The van der Waals surface area contributed by atoms with Crippen LogP contribution in [0.5, 0.6) is 0 Å². The van der Waals surface area contributed by atoms with E-state index in [9.17, 15) is 0 Å². The second kappa shape index (κ2) is 24.1. The van der Waals surface area contributed by atoms with Gasteiger partial charge in [0.1, 0.15) is 0 Å². The summed E-state index contributed by atoms with van der Waals surface area (Å²) >= 11 is 0. The van der Waals surface area contributed by atoms with Gasteiger partial charge in [-0.15, -0.1) is 0 Å². The molecule has 220 valence electrons. The van der Waals surface area contributed by atoms with E-state index in [1.165, 1.54) is 89.9 Å². The first-order valence-corrected chi connectivity index (χ1v) is 16.8. The third-order valence-corrected chi connectivity index (χ3v) is 8.65. The van der Waals surface area contributed by atoms with Crippen molar-refractivity contribution in [1.29, 1.82) is 0 Å². The fraction of sp³-hybridized carbons (Fsp3) is 1.00. The summed E-state index contributed by atoms with van der Waals surface area (Å²) in [5, 5.41) is 0. The minimum atomic E-state index is 0.854. The number of rotatable bonds is 9. The van der Waals surface area contributed by atoms with E-state index in [-0.39, 0.29) is 0 Å². The normalized spacial score (nSPS) is 21.5. The molecule has 36 heavy (non-hydrogen) atoms. The standard InChI is InChI=1S/2C10H20.C9H20.C7H16/c1-8(2)10-6-4-9(3)5-7-10;1-9(2)8-10-6-4-3-5-7-10;1-7(2)6-9(5)8(3)4;1-4-5-6-7(2)3/h8-10H,4-7H2,1-3H3;9-10H,3-8H2,1-2H3;7-9H,6H2,1-5H3;7H,4-6H2,1-3H3. The molecule has 2 rings (SSSR count). The maximum atomic E-state index is 2.39. The third kappa shape index (κ3) is 25.6. The topological polar surface area (TPSA) is 0 Å². The lowest BCUT2D eigenvalue weighted by Crippen LogP contribution is -2.16. The van der Waals surface area contributed by atoms with Crippen molar-refractivity contribution in [2.45, 2.75) is 180 Å². The molecule has 0 saturated heterocycles. The van der Waals surface area contributed by atoms with E-state index in [0.717, 1.165) is 53.3 Å². The lowest BCUT2D eigenvalue weighted by Gasteiger charge is -2.28. The molecular formula is C36H76. The van der Waals surface area contributed by atoms with Crippen molar-refractivity contribution in [3.8, 4) is 0 Å². The molecule has 2 aliphatic rings. The first-order valence-electron chi connectivity index (χ1n) is 16.8. The van der Waals surface area contributed by atoms with Crippen molar-refractivity contribution in [2.75, 3.05) is 0 Å². The maximum Gasteiger partial charge on any atom is -0.0391 e. The van der Waals surface area contributed by atoms with Crippen LogP contribution in [0.4, 0.5) is 0 Å². The summed E-state index contributed by atoms with van der Waals surface area (Å²) in [6.45, 7) is 30.1. The van der Waals surface area contributed by atoms with Crippen LogP contribution in [0.15, 0.2) is 0 Å². The third-order valence-electron chi connectivity index (χ3n) is 8.65. The molecule has 0 bridgehead atoms. The van der Waals surface area contributed by atoms with Crippen molar-refractivity contribution in [2.24, 2.45) is 53.3 Å². The highest BCUT2D eigenvalue weighted by atomic mass is 14.3. The highest BCUT2D eigenvalue weighted by Gasteiger charge is 2.20. The number of unbranched alkanes of at least 4 members (excludes halogenated alkanes) is 1. The molecular weight excluding hydrogens is 432 g/mol. The van der Waals surface area contributed by atoms with Gasteiger partial charge in [-0.1, -0.05) is 154 Å². The Balaban J connectivity index is 0. The molecule has 0 aromatic heterocycles. The van der Waals surface area contributed by atoms with Gasteiger partial charge in [0.2, 0.25) is 0 Å². The molecule has 0 heterocycles. The van der Waals surface area contributed by atoms with Crippen LogP contribution in [0, 0.1) is 53.3 Å². The zero-order valence-electron chi connectivity index (χ0n) is 28.1. The van der Waals surface area contributed by atoms with Gasteiger partial charge in [0.15, 0.2) is 0 Å². The Hall–Kier alpha value is 0. The average Bonchev–Trinajstić information content (AvgIpc) is 2.79. The Morgan fingerprint density at radius 1 is 0.611 bits per heavy atom. The van der Waals surface area contributed by atoms with Gasteiger partial charge in [0.25, 0.3) is 0 Å². The first-order chi connectivity index (χ1) is 16.8. The predicted molar refractivity (Wildman–Crippen MR) is 170 cm³/mol. The molecule has 2 fully saturated rings. The Labute approximate surface area is 233 Å². The first kappa shape index (κ1) is 38.1. The zero-order valence-corrected chi connectivity index (χ0v) is 28.1. The van der Waals surface area contributed by atoms with Gasteiger partial charge in [0, 0.05) is 0 Å². The van der Waals surface area contributed by atoms with E-state index in [1.54, 1.807) is 0 Å². The van der Waals surface area contributed by atoms with Crippen LogP contribution in [0.2, 0.25) is 0 Å². The Morgan fingerprint density at radius 2 is 1.14 bits per heavy atom. The second-order valence-electron chi connectivity index (χ2n) is 14.8. The predicted octanol–water partition coefficient (Wildman–Crippen LogP) is 13.2. The molecule has 0 heteroatoms. The molecule has 0 radical (unpaired) electrons. The average molecular weight is 509 g/mol. The molecule has 0 spiro atoms. The molecule has 0 aromatic rings. The fourth-order valence-electron chi connectivity index (χ4n) is 5.67. The summed E-state index contributed by atoms with van der Waals surface area (Å²) in [4.78, 5) is 0. The molecule has 1 unspecified atom stereocenters. The van der Waals surface area contributed by atoms with Crippen LogP contribution in [-0.4, -0.2) is 0 Å². The lowest BCUT2D eigenvalue weighted by molar-refractivity contribution is 0.234. The molecule has 2 saturated carbocycles. The Morgan fingerprint density at radius 3 is 1.44 bits per heavy atom. The highest BCUT2D eigenvalue weighted by Crippen LogP contribution is 2.32. The van der Waals surface area contributed by atoms with E-state index < -0.39 is 0 Å². The van der Waals surface area contributed by atoms with Gasteiger partial charge in [-0.3, -0.25) is 0 Å². The highest BCUT2D eigenvalue weighted by molar-refractivity contribution is 4.71. The molecule has 2 aliphatic carbocycles. The maximum absolute atomic E-state index is 2.39. The van der Waals surface area contributed by atoms with E-state index in [2.05, 4.69) is 90.0 Å². The van der Waals surface area contributed by atoms with Gasteiger partial charge < -0.3 is 0 Å². The molecule has 0 aromatic carbocycles. The lowest BCUT2D eigenvalue weighted by atomic mass is 9.78. The summed E-state index contributed by atoms with van der Waals surface area (Å²) in [6.07, 6.45) is 20.4. The van der Waals surface area contributed by atoms with Crippen LogP contribution < -0.4 is 0 Å².